The van der Waals surface area contributed by atoms with Gasteiger partial charge in [0, 0.05) is 44.7 Å². The topological polar surface area (TPSA) is 130 Å². The molecule has 1 saturated carbocycles. The lowest BCUT2D eigenvalue weighted by molar-refractivity contribution is -0.384. The SMILES string of the molecule is CN(C)c1nc(NC[C@H]2CC[C@H](CNS(=O)(=O)c3ccc([N+](=O)[O-])cc3)CC2)nc2ccccc12. The molecule has 0 amide bonds. The van der Waals surface area contributed by atoms with Gasteiger partial charge in [0.2, 0.25) is 16.0 Å². The van der Waals surface area contributed by atoms with E-state index in [0.717, 1.165) is 48.9 Å². The highest BCUT2D eigenvalue weighted by Gasteiger charge is 2.24. The molecule has 1 fully saturated rings. The van der Waals surface area contributed by atoms with Crippen molar-refractivity contribution in [2.75, 3.05) is 37.4 Å². The van der Waals surface area contributed by atoms with Crippen molar-refractivity contribution >= 4 is 38.4 Å². The van der Waals surface area contributed by atoms with Crippen molar-refractivity contribution in [2.45, 2.75) is 30.6 Å². The number of fused-ring (bicyclic) bond motifs is 1. The Kier molecular flexibility index (Phi) is 7.46. The van der Waals surface area contributed by atoms with Crippen LogP contribution in [0.1, 0.15) is 25.7 Å². The molecule has 186 valence electrons. The van der Waals surface area contributed by atoms with Crippen molar-refractivity contribution in [3.63, 3.8) is 0 Å². The Labute approximate surface area is 205 Å². The van der Waals surface area contributed by atoms with E-state index in [-0.39, 0.29) is 16.5 Å². The summed E-state index contributed by atoms with van der Waals surface area (Å²) in [6, 6.07) is 12.9. The number of benzene rings is 2. The highest BCUT2D eigenvalue weighted by atomic mass is 32.2. The predicted molar refractivity (Wildman–Crippen MR) is 136 cm³/mol. The van der Waals surface area contributed by atoms with E-state index in [1.807, 2.05) is 43.3 Å². The van der Waals surface area contributed by atoms with Gasteiger partial charge in [0.25, 0.3) is 5.69 Å². The first kappa shape index (κ1) is 24.8. The molecule has 0 atom stereocenters. The second kappa shape index (κ2) is 10.5. The molecule has 2 aromatic carbocycles. The quantitative estimate of drug-likeness (QED) is 0.336. The van der Waals surface area contributed by atoms with Crippen LogP contribution in [0.2, 0.25) is 0 Å². The second-order valence-electron chi connectivity index (χ2n) is 9.15. The molecule has 3 aromatic rings. The molecule has 1 heterocycles. The minimum absolute atomic E-state index is 0.0356. The van der Waals surface area contributed by atoms with Gasteiger partial charge in [-0.15, -0.1) is 0 Å². The van der Waals surface area contributed by atoms with Gasteiger partial charge in [0.1, 0.15) is 5.82 Å². The molecule has 35 heavy (non-hydrogen) atoms. The summed E-state index contributed by atoms with van der Waals surface area (Å²) in [5, 5.41) is 15.2. The number of hydrogen-bond donors (Lipinski definition) is 2. The van der Waals surface area contributed by atoms with Crippen LogP contribution in [-0.4, -0.2) is 50.5 Å². The van der Waals surface area contributed by atoms with Crippen molar-refractivity contribution < 1.29 is 13.3 Å². The molecule has 2 N–H and O–H groups in total. The third-order valence-corrected chi connectivity index (χ3v) is 7.88. The number of nitro groups is 1. The number of rotatable bonds is 9. The normalized spacial score (nSPS) is 18.3. The third kappa shape index (κ3) is 6.04. The first-order chi connectivity index (χ1) is 16.7. The summed E-state index contributed by atoms with van der Waals surface area (Å²) in [6.07, 6.45) is 3.84. The minimum Gasteiger partial charge on any atom is -0.362 e. The predicted octanol–water partition coefficient (Wildman–Crippen LogP) is 3.80. The molecule has 1 aliphatic carbocycles. The van der Waals surface area contributed by atoms with Crippen molar-refractivity contribution in [3.8, 4) is 0 Å². The largest absolute Gasteiger partial charge is 0.362 e. The van der Waals surface area contributed by atoms with Gasteiger partial charge >= 0.3 is 0 Å². The maximum Gasteiger partial charge on any atom is 0.269 e. The van der Waals surface area contributed by atoms with E-state index < -0.39 is 14.9 Å². The first-order valence-electron chi connectivity index (χ1n) is 11.6. The van der Waals surface area contributed by atoms with E-state index in [0.29, 0.717) is 18.4 Å². The molecule has 1 aliphatic rings. The fourth-order valence-electron chi connectivity index (χ4n) is 4.41. The number of nitro benzene ring substituents is 1. The number of para-hydroxylation sites is 1. The van der Waals surface area contributed by atoms with Crippen molar-refractivity contribution in [3.05, 3.63) is 58.6 Å². The van der Waals surface area contributed by atoms with Crippen LogP contribution in [0.25, 0.3) is 10.9 Å². The standard InChI is InChI=1S/C24H30N6O4S/c1-29(2)23-21-5-3-4-6-22(21)27-24(28-23)25-15-17-7-9-18(10-8-17)16-26-35(33,34)20-13-11-19(12-14-20)30(31)32/h3-6,11-14,17-18,26H,7-10,15-16H2,1-2H3,(H,25,27,28)/t17-,18-. The molecule has 11 heteroatoms. The van der Waals surface area contributed by atoms with Gasteiger partial charge < -0.3 is 10.2 Å². The summed E-state index contributed by atoms with van der Waals surface area (Å²) in [5.41, 5.74) is 0.764. The van der Waals surface area contributed by atoms with Gasteiger partial charge in [0.15, 0.2) is 0 Å². The van der Waals surface area contributed by atoms with E-state index in [9.17, 15) is 18.5 Å². The molecule has 0 bridgehead atoms. The monoisotopic (exact) mass is 498 g/mol. The number of nitrogens with one attached hydrogen (secondary N) is 2. The van der Waals surface area contributed by atoms with E-state index >= 15 is 0 Å². The van der Waals surface area contributed by atoms with Gasteiger partial charge in [-0.25, -0.2) is 18.1 Å². The molecule has 0 saturated heterocycles. The Hall–Kier alpha value is -3.31. The molecule has 0 radical (unpaired) electrons. The molecular weight excluding hydrogens is 468 g/mol. The Bertz CT molecular complexity index is 1290. The fraction of sp³-hybridized carbons (Fsp3) is 0.417. The molecule has 0 spiro atoms. The van der Waals surface area contributed by atoms with Gasteiger partial charge in [-0.2, -0.15) is 4.98 Å². The molecular formula is C24H30N6O4S. The van der Waals surface area contributed by atoms with Crippen molar-refractivity contribution in [1.29, 1.82) is 0 Å². The van der Waals surface area contributed by atoms with Crippen LogP contribution in [0.15, 0.2) is 53.4 Å². The summed E-state index contributed by atoms with van der Waals surface area (Å²) in [4.78, 5) is 21.6. The summed E-state index contributed by atoms with van der Waals surface area (Å²) in [5.74, 6) is 2.22. The highest BCUT2D eigenvalue weighted by Crippen LogP contribution is 2.30. The Morgan fingerprint density at radius 3 is 2.23 bits per heavy atom. The summed E-state index contributed by atoms with van der Waals surface area (Å²) >= 11 is 0. The van der Waals surface area contributed by atoms with Crippen molar-refractivity contribution in [2.24, 2.45) is 11.8 Å². The Morgan fingerprint density at radius 2 is 1.60 bits per heavy atom. The van der Waals surface area contributed by atoms with Crippen LogP contribution in [0.3, 0.4) is 0 Å². The van der Waals surface area contributed by atoms with Gasteiger partial charge in [-0.1, -0.05) is 12.1 Å². The molecule has 4 rings (SSSR count). The van der Waals surface area contributed by atoms with E-state index in [1.54, 1.807) is 0 Å². The molecule has 1 aromatic heterocycles. The summed E-state index contributed by atoms with van der Waals surface area (Å²) in [7, 11) is 0.239. The third-order valence-electron chi connectivity index (χ3n) is 6.44. The number of nitrogens with zero attached hydrogens (tertiary/aromatic N) is 4. The number of sulfonamides is 1. The van der Waals surface area contributed by atoms with Crippen LogP contribution >= 0.6 is 0 Å². The van der Waals surface area contributed by atoms with Crippen LogP contribution in [0.5, 0.6) is 0 Å². The highest BCUT2D eigenvalue weighted by molar-refractivity contribution is 7.89. The number of non-ortho nitro benzene ring substituents is 1. The van der Waals surface area contributed by atoms with Crippen LogP contribution < -0.4 is 14.9 Å². The van der Waals surface area contributed by atoms with Gasteiger partial charge in [-0.05, 0) is 61.8 Å². The zero-order valence-electron chi connectivity index (χ0n) is 19.8. The number of hydrogen-bond acceptors (Lipinski definition) is 8. The fourth-order valence-corrected chi connectivity index (χ4v) is 5.53. The van der Waals surface area contributed by atoms with Crippen LogP contribution in [-0.2, 0) is 10.0 Å². The van der Waals surface area contributed by atoms with Gasteiger partial charge in [0.05, 0.1) is 15.3 Å². The summed E-state index contributed by atoms with van der Waals surface area (Å²) < 4.78 is 27.7. The lowest BCUT2D eigenvalue weighted by atomic mass is 9.82. The minimum atomic E-state index is -3.70. The molecule has 10 nitrogen and oxygen atoms in total. The maximum atomic E-state index is 12.5. The van der Waals surface area contributed by atoms with Gasteiger partial charge in [-0.3, -0.25) is 10.1 Å². The van der Waals surface area contributed by atoms with E-state index in [4.69, 9.17) is 0 Å². The lowest BCUT2D eigenvalue weighted by Gasteiger charge is -2.28. The number of aromatic nitrogens is 2. The van der Waals surface area contributed by atoms with Crippen LogP contribution in [0.4, 0.5) is 17.5 Å². The van der Waals surface area contributed by atoms with Crippen molar-refractivity contribution in [1.82, 2.24) is 14.7 Å². The second-order valence-corrected chi connectivity index (χ2v) is 10.9. The average Bonchev–Trinajstić information content (AvgIpc) is 2.86. The van der Waals surface area contributed by atoms with Crippen LogP contribution in [0, 0.1) is 22.0 Å². The number of anilines is 2. The average molecular weight is 499 g/mol. The molecule has 0 unspecified atom stereocenters. The zero-order chi connectivity index (χ0) is 25.0. The first-order valence-corrected chi connectivity index (χ1v) is 13.1. The van der Waals surface area contributed by atoms with E-state index in [2.05, 4.69) is 20.0 Å². The Morgan fingerprint density at radius 1 is 0.971 bits per heavy atom. The Balaban J connectivity index is 1.27. The molecule has 0 aliphatic heterocycles. The maximum absolute atomic E-state index is 12.5. The summed E-state index contributed by atoms with van der Waals surface area (Å²) in [6.45, 7) is 1.13. The smallest absolute Gasteiger partial charge is 0.269 e. The zero-order valence-corrected chi connectivity index (χ0v) is 20.7. The van der Waals surface area contributed by atoms with E-state index in [1.165, 1.54) is 24.3 Å². The lowest BCUT2D eigenvalue weighted by Crippen LogP contribution is -2.32.